The number of aliphatic hydroxyl groups excluding tert-OH is 1. The monoisotopic (exact) mass is 262 g/mol. The van der Waals surface area contributed by atoms with Crippen LogP contribution < -0.4 is 4.74 Å². The Morgan fingerprint density at radius 2 is 2.32 bits per heavy atom. The van der Waals surface area contributed by atoms with Crippen molar-refractivity contribution in [2.24, 2.45) is 0 Å². The van der Waals surface area contributed by atoms with Crippen molar-refractivity contribution in [2.45, 2.75) is 51.4 Å². The maximum Gasteiger partial charge on any atom is 0.310 e. The Balaban J connectivity index is 2.22. The summed E-state index contributed by atoms with van der Waals surface area (Å²) in [5.41, 5.74) is 2.50. The van der Waals surface area contributed by atoms with Crippen LogP contribution in [0.4, 0.5) is 0 Å². The standard InChI is InChI=1S/C16H22O3/c1-2-16(18)19-15-10-4-8-13-12(7-5-11-17)6-3-9-14(13)15/h4,8,10,12,17H,2-3,5-7,9,11H2,1H3. The largest absolute Gasteiger partial charge is 0.426 e. The lowest BCUT2D eigenvalue weighted by Crippen LogP contribution is -2.14. The third-order valence-corrected chi connectivity index (χ3v) is 3.81. The molecule has 0 amide bonds. The second-order valence-electron chi connectivity index (χ2n) is 5.11. The van der Waals surface area contributed by atoms with Crippen molar-refractivity contribution < 1.29 is 14.6 Å². The van der Waals surface area contributed by atoms with Crippen LogP contribution in [-0.2, 0) is 11.2 Å². The molecule has 2 rings (SSSR count). The van der Waals surface area contributed by atoms with Crippen molar-refractivity contribution in [1.29, 1.82) is 0 Å². The van der Waals surface area contributed by atoms with Crippen LogP contribution in [0.5, 0.6) is 5.75 Å². The molecule has 0 bridgehead atoms. The van der Waals surface area contributed by atoms with Crippen LogP contribution in [0.2, 0.25) is 0 Å². The molecular weight excluding hydrogens is 240 g/mol. The highest BCUT2D eigenvalue weighted by Crippen LogP contribution is 2.38. The van der Waals surface area contributed by atoms with Gasteiger partial charge in [-0.2, -0.15) is 0 Å². The van der Waals surface area contributed by atoms with E-state index >= 15 is 0 Å². The van der Waals surface area contributed by atoms with Crippen molar-refractivity contribution in [3.8, 4) is 5.75 Å². The van der Waals surface area contributed by atoms with E-state index in [1.54, 1.807) is 0 Å². The fraction of sp³-hybridized carbons (Fsp3) is 0.562. The van der Waals surface area contributed by atoms with Gasteiger partial charge in [-0.25, -0.2) is 0 Å². The van der Waals surface area contributed by atoms with Gasteiger partial charge >= 0.3 is 5.97 Å². The molecule has 0 aliphatic heterocycles. The molecule has 0 spiro atoms. The van der Waals surface area contributed by atoms with Gasteiger partial charge in [0.2, 0.25) is 0 Å². The number of hydrogen-bond acceptors (Lipinski definition) is 3. The molecule has 3 heteroatoms. The highest BCUT2D eigenvalue weighted by atomic mass is 16.5. The molecule has 1 aromatic carbocycles. The molecule has 3 nitrogen and oxygen atoms in total. The van der Waals surface area contributed by atoms with Crippen LogP contribution in [0.15, 0.2) is 18.2 Å². The number of fused-ring (bicyclic) bond motifs is 1. The van der Waals surface area contributed by atoms with Crippen molar-refractivity contribution in [3.63, 3.8) is 0 Å². The van der Waals surface area contributed by atoms with Crippen molar-refractivity contribution in [2.75, 3.05) is 6.61 Å². The van der Waals surface area contributed by atoms with Crippen LogP contribution >= 0.6 is 0 Å². The normalized spacial score (nSPS) is 17.9. The Morgan fingerprint density at radius 1 is 1.47 bits per heavy atom. The third kappa shape index (κ3) is 3.35. The van der Waals surface area contributed by atoms with Gasteiger partial charge in [0.15, 0.2) is 0 Å². The van der Waals surface area contributed by atoms with Gasteiger partial charge in [-0.3, -0.25) is 4.79 Å². The molecule has 1 N–H and O–H groups in total. The minimum atomic E-state index is -0.175. The van der Waals surface area contributed by atoms with E-state index in [9.17, 15) is 4.79 Å². The predicted molar refractivity (Wildman–Crippen MR) is 74.4 cm³/mol. The Bertz CT molecular complexity index is 440. The molecular formula is C16H22O3. The molecule has 0 aromatic heterocycles. The van der Waals surface area contributed by atoms with Gasteiger partial charge < -0.3 is 9.84 Å². The van der Waals surface area contributed by atoms with E-state index in [4.69, 9.17) is 9.84 Å². The zero-order chi connectivity index (χ0) is 13.7. The first-order valence-corrected chi connectivity index (χ1v) is 7.19. The van der Waals surface area contributed by atoms with E-state index in [0.29, 0.717) is 12.3 Å². The Labute approximate surface area is 114 Å². The van der Waals surface area contributed by atoms with E-state index in [-0.39, 0.29) is 12.6 Å². The molecule has 1 atom stereocenters. The van der Waals surface area contributed by atoms with E-state index < -0.39 is 0 Å². The highest BCUT2D eigenvalue weighted by molar-refractivity contribution is 5.72. The summed E-state index contributed by atoms with van der Waals surface area (Å²) < 4.78 is 5.43. The number of hydrogen-bond donors (Lipinski definition) is 1. The summed E-state index contributed by atoms with van der Waals surface area (Å²) in [6, 6.07) is 6.00. The van der Waals surface area contributed by atoms with Crippen LogP contribution in [-0.4, -0.2) is 17.7 Å². The molecule has 1 unspecified atom stereocenters. The van der Waals surface area contributed by atoms with Crippen LogP contribution in [0.25, 0.3) is 0 Å². The first kappa shape index (κ1) is 14.1. The number of carbonyl (C=O) groups excluding carboxylic acids is 1. The zero-order valence-electron chi connectivity index (χ0n) is 11.5. The van der Waals surface area contributed by atoms with E-state index in [2.05, 4.69) is 6.07 Å². The van der Waals surface area contributed by atoms with Gasteiger partial charge in [-0.15, -0.1) is 0 Å². The molecule has 0 fully saturated rings. The number of carbonyl (C=O) groups is 1. The Morgan fingerprint density at radius 3 is 3.05 bits per heavy atom. The summed E-state index contributed by atoms with van der Waals surface area (Å²) in [7, 11) is 0. The van der Waals surface area contributed by atoms with E-state index in [0.717, 1.165) is 37.9 Å². The maximum atomic E-state index is 11.5. The van der Waals surface area contributed by atoms with Crippen molar-refractivity contribution in [1.82, 2.24) is 0 Å². The fourth-order valence-electron chi connectivity index (χ4n) is 2.84. The highest BCUT2D eigenvalue weighted by Gasteiger charge is 2.23. The maximum absolute atomic E-state index is 11.5. The lowest BCUT2D eigenvalue weighted by molar-refractivity contribution is -0.134. The Hall–Kier alpha value is -1.35. The number of ether oxygens (including phenoxy) is 1. The Kier molecular flexibility index (Phi) is 4.97. The predicted octanol–water partition coefficient (Wildman–Crippen LogP) is 3.19. The summed E-state index contributed by atoms with van der Waals surface area (Å²) >= 11 is 0. The molecule has 19 heavy (non-hydrogen) atoms. The van der Waals surface area contributed by atoms with Crippen molar-refractivity contribution >= 4 is 5.97 Å². The van der Waals surface area contributed by atoms with Crippen LogP contribution in [0.1, 0.15) is 56.1 Å². The van der Waals surface area contributed by atoms with E-state index in [1.807, 2.05) is 19.1 Å². The van der Waals surface area contributed by atoms with Gasteiger partial charge in [0.1, 0.15) is 5.75 Å². The van der Waals surface area contributed by atoms with Gasteiger partial charge in [-0.1, -0.05) is 19.1 Å². The average Bonchev–Trinajstić information content (AvgIpc) is 2.45. The second kappa shape index (κ2) is 6.71. The quantitative estimate of drug-likeness (QED) is 0.654. The summed E-state index contributed by atoms with van der Waals surface area (Å²) in [6.45, 7) is 2.05. The van der Waals surface area contributed by atoms with Gasteiger partial charge in [-0.05, 0) is 55.2 Å². The third-order valence-electron chi connectivity index (χ3n) is 3.81. The smallest absolute Gasteiger partial charge is 0.310 e. The number of aliphatic hydroxyl groups is 1. The molecule has 104 valence electrons. The fourth-order valence-corrected chi connectivity index (χ4v) is 2.84. The number of esters is 1. The molecule has 1 aliphatic rings. The molecule has 0 saturated heterocycles. The lowest BCUT2D eigenvalue weighted by atomic mass is 9.80. The van der Waals surface area contributed by atoms with Gasteiger partial charge in [0.05, 0.1) is 0 Å². The summed E-state index contributed by atoms with van der Waals surface area (Å²) in [5, 5.41) is 8.98. The van der Waals surface area contributed by atoms with Gasteiger partial charge in [0.25, 0.3) is 0 Å². The summed E-state index contributed by atoms with van der Waals surface area (Å²) in [5.74, 6) is 1.06. The minimum absolute atomic E-state index is 0.175. The summed E-state index contributed by atoms with van der Waals surface area (Å²) in [4.78, 5) is 11.5. The minimum Gasteiger partial charge on any atom is -0.426 e. The average molecular weight is 262 g/mol. The first-order valence-electron chi connectivity index (χ1n) is 7.19. The van der Waals surface area contributed by atoms with Crippen LogP contribution in [0.3, 0.4) is 0 Å². The second-order valence-corrected chi connectivity index (χ2v) is 5.11. The first-order chi connectivity index (χ1) is 9.26. The molecule has 0 heterocycles. The van der Waals surface area contributed by atoms with E-state index in [1.165, 1.54) is 11.1 Å². The molecule has 0 radical (unpaired) electrons. The molecule has 0 saturated carbocycles. The molecule has 1 aromatic rings. The zero-order valence-corrected chi connectivity index (χ0v) is 11.5. The SMILES string of the molecule is CCC(=O)Oc1cccc2c1CCCC2CCCO. The number of rotatable bonds is 5. The number of benzene rings is 1. The topological polar surface area (TPSA) is 46.5 Å². The lowest BCUT2D eigenvalue weighted by Gasteiger charge is -2.26. The van der Waals surface area contributed by atoms with Crippen LogP contribution in [0, 0.1) is 0 Å². The summed E-state index contributed by atoms with van der Waals surface area (Å²) in [6.07, 6.45) is 5.52. The van der Waals surface area contributed by atoms with Gasteiger partial charge in [0, 0.05) is 13.0 Å². The molecule has 1 aliphatic carbocycles. The van der Waals surface area contributed by atoms with Crippen molar-refractivity contribution in [3.05, 3.63) is 29.3 Å².